The van der Waals surface area contributed by atoms with Crippen LogP contribution in [0.4, 0.5) is 19.7 Å². The Morgan fingerprint density at radius 2 is 1.32 bits per heavy atom. The summed E-state index contributed by atoms with van der Waals surface area (Å²) in [4.78, 5) is 39.1. The van der Waals surface area contributed by atoms with E-state index in [1.165, 1.54) is 16.2 Å². The van der Waals surface area contributed by atoms with E-state index in [-0.39, 0.29) is 62.9 Å². The molecule has 0 fully saturated rings. The fraction of sp³-hybridized carbons (Fsp3) is 0.382. The van der Waals surface area contributed by atoms with Gasteiger partial charge in [-0.2, -0.15) is 5.10 Å². The summed E-state index contributed by atoms with van der Waals surface area (Å²) in [6.45, 7) is -0.569. The van der Waals surface area contributed by atoms with Crippen LogP contribution >= 0.6 is 11.3 Å². The van der Waals surface area contributed by atoms with Gasteiger partial charge in [0.2, 0.25) is 22.9 Å². The molecule has 2 N–H and O–H groups in total. The van der Waals surface area contributed by atoms with Crippen LogP contribution in [0, 0.1) is 0 Å². The topological polar surface area (TPSA) is 130 Å². The van der Waals surface area contributed by atoms with Crippen molar-refractivity contribution in [2.45, 2.75) is 57.8 Å². The van der Waals surface area contributed by atoms with Crippen molar-refractivity contribution in [3.8, 4) is 0 Å². The number of hydrogen-bond donors (Lipinski definition) is 2. The molecule has 0 saturated heterocycles. The van der Waals surface area contributed by atoms with E-state index in [0.29, 0.717) is 17.4 Å². The third-order valence-electron chi connectivity index (χ3n) is 7.17. The van der Waals surface area contributed by atoms with E-state index in [1.807, 2.05) is 42.5 Å². The van der Waals surface area contributed by atoms with Gasteiger partial charge >= 0.3 is 0 Å². The number of nitrogens with one attached hydrogen (secondary N) is 2. The number of aryl methyl sites for hydroxylation is 2. The van der Waals surface area contributed by atoms with Crippen LogP contribution in [-0.4, -0.2) is 69.5 Å². The SMILES string of the molecule is O=C(Cc1ccccc1)Nc1ccc(CCCCc2nnc(NC(=O)Cc3cccc(CC(=O)N(CCCF)CCCF)c3)s2)nn1. The summed E-state index contributed by atoms with van der Waals surface area (Å²) in [5.74, 6) is -0.172. The van der Waals surface area contributed by atoms with Gasteiger partial charge in [-0.25, -0.2) is 0 Å². The first-order valence-corrected chi connectivity index (χ1v) is 16.5. The molecule has 4 aromatic rings. The monoisotopic (exact) mass is 663 g/mol. The number of benzene rings is 2. The Morgan fingerprint density at radius 1 is 0.660 bits per heavy atom. The van der Waals surface area contributed by atoms with Crippen LogP contribution in [0.5, 0.6) is 0 Å². The molecule has 4 rings (SSSR count). The van der Waals surface area contributed by atoms with Crippen LogP contribution in [-0.2, 0) is 46.5 Å². The van der Waals surface area contributed by atoms with E-state index >= 15 is 0 Å². The van der Waals surface area contributed by atoms with E-state index in [0.717, 1.165) is 46.7 Å². The van der Waals surface area contributed by atoms with Crippen molar-refractivity contribution in [2.24, 2.45) is 0 Å². The highest BCUT2D eigenvalue weighted by atomic mass is 32.1. The normalized spacial score (nSPS) is 10.9. The second kappa shape index (κ2) is 19.1. The lowest BCUT2D eigenvalue weighted by molar-refractivity contribution is -0.130. The number of amides is 3. The lowest BCUT2D eigenvalue weighted by atomic mass is 10.0. The molecule has 0 aliphatic carbocycles. The first kappa shape index (κ1) is 35.2. The number of halogens is 2. The van der Waals surface area contributed by atoms with Gasteiger partial charge in [0, 0.05) is 19.5 Å². The Labute approximate surface area is 277 Å². The second-order valence-electron chi connectivity index (χ2n) is 11.0. The van der Waals surface area contributed by atoms with E-state index in [9.17, 15) is 23.2 Å². The van der Waals surface area contributed by atoms with E-state index < -0.39 is 13.3 Å². The van der Waals surface area contributed by atoms with Gasteiger partial charge in [-0.3, -0.25) is 23.2 Å². The summed E-state index contributed by atoms with van der Waals surface area (Å²) in [6.07, 6.45) is 4.04. The molecular formula is C34H39F2N7O3S. The van der Waals surface area contributed by atoms with Gasteiger partial charge in [-0.1, -0.05) is 65.9 Å². The Kier molecular flexibility index (Phi) is 14.3. The van der Waals surface area contributed by atoms with Gasteiger partial charge in [-0.05, 0) is 60.9 Å². The van der Waals surface area contributed by atoms with Crippen molar-refractivity contribution in [3.05, 3.63) is 94.1 Å². The maximum atomic E-state index is 12.7. The third kappa shape index (κ3) is 12.6. The Morgan fingerprint density at radius 3 is 2.02 bits per heavy atom. The minimum absolute atomic E-state index is 0.0963. The van der Waals surface area contributed by atoms with Gasteiger partial charge < -0.3 is 15.5 Å². The zero-order valence-electron chi connectivity index (χ0n) is 26.2. The number of alkyl halides is 2. The zero-order valence-corrected chi connectivity index (χ0v) is 27.0. The minimum atomic E-state index is -0.537. The Hall–Kier alpha value is -4.65. The number of unbranched alkanes of at least 4 members (excludes halogenated alkanes) is 1. The highest BCUT2D eigenvalue weighted by molar-refractivity contribution is 7.15. The molecule has 0 spiro atoms. The number of carbonyl (C=O) groups excluding carboxylic acids is 3. The second-order valence-corrected chi connectivity index (χ2v) is 12.1. The fourth-order valence-corrected chi connectivity index (χ4v) is 5.66. The maximum Gasteiger partial charge on any atom is 0.230 e. The molecule has 47 heavy (non-hydrogen) atoms. The summed E-state index contributed by atoms with van der Waals surface area (Å²) in [6, 6.07) is 20.3. The van der Waals surface area contributed by atoms with Crippen molar-refractivity contribution in [1.29, 1.82) is 0 Å². The summed E-state index contributed by atoms with van der Waals surface area (Å²) in [5, 5.41) is 23.4. The molecule has 0 aliphatic rings. The predicted molar refractivity (Wildman–Crippen MR) is 178 cm³/mol. The predicted octanol–water partition coefficient (Wildman–Crippen LogP) is 5.35. The zero-order chi connectivity index (χ0) is 33.3. The van der Waals surface area contributed by atoms with E-state index in [4.69, 9.17) is 0 Å². The summed E-state index contributed by atoms with van der Waals surface area (Å²) in [5.41, 5.74) is 3.23. The molecule has 3 amide bonds. The van der Waals surface area contributed by atoms with Crippen LogP contribution in [0.25, 0.3) is 0 Å². The highest BCUT2D eigenvalue weighted by Gasteiger charge is 2.15. The number of rotatable bonds is 19. The first-order valence-electron chi connectivity index (χ1n) is 15.7. The molecular weight excluding hydrogens is 624 g/mol. The van der Waals surface area contributed by atoms with Crippen molar-refractivity contribution in [3.63, 3.8) is 0 Å². The molecule has 0 bridgehead atoms. The number of anilines is 2. The Bertz CT molecular complexity index is 1560. The molecule has 2 heterocycles. The van der Waals surface area contributed by atoms with Crippen LogP contribution in [0.2, 0.25) is 0 Å². The number of aromatic nitrogens is 4. The molecule has 0 aliphatic heterocycles. The number of hydrogen-bond acceptors (Lipinski definition) is 8. The van der Waals surface area contributed by atoms with E-state index in [2.05, 4.69) is 31.0 Å². The fourth-order valence-electron chi connectivity index (χ4n) is 4.86. The van der Waals surface area contributed by atoms with Gasteiger partial charge in [0.1, 0.15) is 5.01 Å². The van der Waals surface area contributed by atoms with Crippen LogP contribution < -0.4 is 10.6 Å². The van der Waals surface area contributed by atoms with Gasteiger partial charge in [0.25, 0.3) is 0 Å². The molecule has 10 nitrogen and oxygen atoms in total. The summed E-state index contributed by atoms with van der Waals surface area (Å²) in [7, 11) is 0. The van der Waals surface area contributed by atoms with Gasteiger partial charge in [0.15, 0.2) is 5.82 Å². The van der Waals surface area contributed by atoms with Crippen LogP contribution in [0.3, 0.4) is 0 Å². The molecule has 0 atom stereocenters. The first-order chi connectivity index (χ1) is 22.9. The molecule has 2 aromatic carbocycles. The van der Waals surface area contributed by atoms with Crippen molar-refractivity contribution < 1.29 is 23.2 Å². The standard InChI is InChI=1S/C34H39F2N7O3S/c35-17-7-19-43(20-8-18-36)33(46)24-27-12-6-11-26(21-27)23-31(45)38-34-42-41-32(47-34)14-5-4-13-28-15-16-29(40-39-28)37-30(44)22-25-9-2-1-3-10-25/h1-3,6,9-12,15-16,21H,4-5,7-8,13-14,17-20,22-24H2,(H,37,40,44)(H,38,42,45). The lowest BCUT2D eigenvalue weighted by Gasteiger charge is -2.22. The molecule has 0 saturated carbocycles. The van der Waals surface area contributed by atoms with Crippen LogP contribution in [0.15, 0.2) is 66.7 Å². The average Bonchev–Trinajstić information content (AvgIpc) is 3.51. The Balaban J connectivity index is 1.16. The minimum Gasteiger partial charge on any atom is -0.342 e. The molecule has 0 unspecified atom stereocenters. The summed E-state index contributed by atoms with van der Waals surface area (Å²) >= 11 is 1.33. The summed E-state index contributed by atoms with van der Waals surface area (Å²) < 4.78 is 25.3. The average molecular weight is 664 g/mol. The lowest BCUT2D eigenvalue weighted by Crippen LogP contribution is -2.34. The van der Waals surface area contributed by atoms with Gasteiger partial charge in [-0.15, -0.1) is 15.3 Å². The quantitative estimate of drug-likeness (QED) is 0.130. The maximum absolute atomic E-state index is 12.7. The van der Waals surface area contributed by atoms with Crippen LogP contribution in [0.1, 0.15) is 53.1 Å². The van der Waals surface area contributed by atoms with Gasteiger partial charge in [0.05, 0.1) is 38.3 Å². The van der Waals surface area contributed by atoms with Crippen molar-refractivity contribution in [1.82, 2.24) is 25.3 Å². The number of nitrogens with zero attached hydrogens (tertiary/aromatic N) is 5. The van der Waals surface area contributed by atoms with E-state index in [1.54, 1.807) is 24.3 Å². The molecule has 13 heteroatoms. The largest absolute Gasteiger partial charge is 0.342 e. The molecule has 0 radical (unpaired) electrons. The molecule has 248 valence electrons. The smallest absolute Gasteiger partial charge is 0.230 e. The number of carbonyl (C=O) groups is 3. The van der Waals surface area contributed by atoms with Crippen molar-refractivity contribution >= 4 is 40.0 Å². The highest BCUT2D eigenvalue weighted by Crippen LogP contribution is 2.19. The van der Waals surface area contributed by atoms with Crippen molar-refractivity contribution in [2.75, 3.05) is 37.1 Å². The molecule has 2 aromatic heterocycles. The third-order valence-corrected chi connectivity index (χ3v) is 8.07.